The lowest BCUT2D eigenvalue weighted by atomic mass is 10.0. The second-order valence-electron chi connectivity index (χ2n) is 4.55. The molecule has 114 valence electrons. The molecule has 0 aliphatic heterocycles. The molecule has 0 radical (unpaired) electrons. The van der Waals surface area contributed by atoms with Crippen LogP contribution in [0.5, 0.6) is 0 Å². The lowest BCUT2D eigenvalue weighted by Gasteiger charge is -2.12. The highest BCUT2D eigenvalue weighted by Gasteiger charge is 2.16. The van der Waals surface area contributed by atoms with Gasteiger partial charge in [-0.05, 0) is 5.92 Å². The van der Waals surface area contributed by atoms with E-state index in [2.05, 4.69) is 29.5 Å². The minimum atomic E-state index is -0.147. The van der Waals surface area contributed by atoms with Crippen molar-refractivity contribution >= 4 is 28.2 Å². The number of amides is 1. The fourth-order valence-electron chi connectivity index (χ4n) is 1.72. The molecule has 0 unspecified atom stereocenters. The van der Waals surface area contributed by atoms with Gasteiger partial charge in [-0.1, -0.05) is 38.0 Å². The molecular formula is C13H24N4O2S. The van der Waals surface area contributed by atoms with Gasteiger partial charge < -0.3 is 21.1 Å². The van der Waals surface area contributed by atoms with Crippen molar-refractivity contribution in [2.75, 3.05) is 37.9 Å². The summed E-state index contributed by atoms with van der Waals surface area (Å²) in [6.45, 7) is 6.14. The summed E-state index contributed by atoms with van der Waals surface area (Å²) in [5, 5.41) is 6.64. The zero-order chi connectivity index (χ0) is 15.0. The molecule has 0 spiro atoms. The van der Waals surface area contributed by atoms with Crippen molar-refractivity contribution in [1.29, 1.82) is 0 Å². The quantitative estimate of drug-likeness (QED) is 0.607. The third kappa shape index (κ3) is 4.97. The van der Waals surface area contributed by atoms with Crippen molar-refractivity contribution < 1.29 is 9.53 Å². The first-order chi connectivity index (χ1) is 9.62. The van der Waals surface area contributed by atoms with E-state index >= 15 is 0 Å². The van der Waals surface area contributed by atoms with Crippen molar-refractivity contribution in [1.82, 2.24) is 10.3 Å². The summed E-state index contributed by atoms with van der Waals surface area (Å²) in [6, 6.07) is 0. The molecule has 1 aromatic heterocycles. The summed E-state index contributed by atoms with van der Waals surface area (Å²) >= 11 is 1.27. The van der Waals surface area contributed by atoms with E-state index in [1.807, 2.05) is 0 Å². The molecule has 1 rings (SSSR count). The van der Waals surface area contributed by atoms with Crippen LogP contribution in [0.4, 0.5) is 10.9 Å². The summed E-state index contributed by atoms with van der Waals surface area (Å²) in [4.78, 5) is 16.7. The Morgan fingerprint density at radius 3 is 2.75 bits per heavy atom. The van der Waals surface area contributed by atoms with E-state index in [1.54, 1.807) is 7.11 Å². The number of carbonyl (C=O) groups excluding carboxylic acids is 1. The third-order valence-electron chi connectivity index (χ3n) is 3.15. The predicted molar refractivity (Wildman–Crippen MR) is 83.3 cm³/mol. The van der Waals surface area contributed by atoms with E-state index in [9.17, 15) is 4.79 Å². The van der Waals surface area contributed by atoms with Gasteiger partial charge in [-0.15, -0.1) is 0 Å². The Morgan fingerprint density at radius 2 is 2.15 bits per heavy atom. The van der Waals surface area contributed by atoms with Gasteiger partial charge in [0.1, 0.15) is 10.7 Å². The Labute approximate surface area is 124 Å². The third-order valence-corrected chi connectivity index (χ3v) is 4.18. The summed E-state index contributed by atoms with van der Waals surface area (Å²) in [5.41, 5.74) is 5.79. The molecule has 0 fully saturated rings. The molecule has 4 N–H and O–H groups in total. The number of nitrogens with one attached hydrogen (secondary N) is 2. The number of nitrogens with zero attached hydrogens (tertiary/aromatic N) is 1. The summed E-state index contributed by atoms with van der Waals surface area (Å²) in [7, 11) is 1.63. The standard InChI is InChI=1S/C13H24N4O2S/c1-4-9(5-2)8-16-12(18)10-11(14)17-13(20-10)15-6-7-19-3/h9H,4-8,14H2,1-3H3,(H,15,17)(H,16,18). The van der Waals surface area contributed by atoms with Gasteiger partial charge in [0.25, 0.3) is 5.91 Å². The number of thiazole rings is 1. The van der Waals surface area contributed by atoms with E-state index in [0.29, 0.717) is 35.6 Å². The number of anilines is 2. The van der Waals surface area contributed by atoms with Crippen LogP contribution in [0.15, 0.2) is 0 Å². The van der Waals surface area contributed by atoms with Gasteiger partial charge in [0, 0.05) is 20.2 Å². The Morgan fingerprint density at radius 1 is 1.45 bits per heavy atom. The Hall–Kier alpha value is -1.34. The minimum Gasteiger partial charge on any atom is -0.383 e. The van der Waals surface area contributed by atoms with Gasteiger partial charge in [0.05, 0.1) is 6.61 Å². The second-order valence-corrected chi connectivity index (χ2v) is 5.54. The number of carbonyl (C=O) groups is 1. The van der Waals surface area contributed by atoms with E-state index in [4.69, 9.17) is 10.5 Å². The van der Waals surface area contributed by atoms with E-state index in [0.717, 1.165) is 12.8 Å². The summed E-state index contributed by atoms with van der Waals surface area (Å²) in [5.74, 6) is 0.635. The number of rotatable bonds is 9. The zero-order valence-electron chi connectivity index (χ0n) is 12.4. The molecule has 1 aromatic rings. The van der Waals surface area contributed by atoms with E-state index in [-0.39, 0.29) is 11.7 Å². The first kappa shape index (κ1) is 16.7. The normalized spacial score (nSPS) is 10.8. The molecule has 0 aliphatic rings. The van der Waals surface area contributed by atoms with Crippen molar-refractivity contribution in [3.8, 4) is 0 Å². The van der Waals surface area contributed by atoms with Crippen LogP contribution < -0.4 is 16.4 Å². The van der Waals surface area contributed by atoms with Crippen molar-refractivity contribution in [3.05, 3.63) is 4.88 Å². The first-order valence-electron chi connectivity index (χ1n) is 6.89. The highest BCUT2D eigenvalue weighted by Crippen LogP contribution is 2.24. The highest BCUT2D eigenvalue weighted by molar-refractivity contribution is 7.18. The summed E-state index contributed by atoms with van der Waals surface area (Å²) < 4.78 is 4.94. The molecule has 7 heteroatoms. The lowest BCUT2D eigenvalue weighted by molar-refractivity contribution is 0.0951. The number of hydrogen-bond donors (Lipinski definition) is 3. The van der Waals surface area contributed by atoms with Crippen LogP contribution in [0, 0.1) is 5.92 Å². The molecule has 0 saturated heterocycles. The van der Waals surface area contributed by atoms with Gasteiger partial charge in [-0.3, -0.25) is 4.79 Å². The Bertz CT molecular complexity index is 419. The van der Waals surface area contributed by atoms with Crippen LogP contribution in [-0.2, 0) is 4.74 Å². The molecular weight excluding hydrogens is 276 g/mol. The molecule has 20 heavy (non-hydrogen) atoms. The fourth-order valence-corrected chi connectivity index (χ4v) is 2.55. The smallest absolute Gasteiger partial charge is 0.265 e. The Kier molecular flexibility index (Phi) is 7.32. The van der Waals surface area contributed by atoms with Gasteiger partial charge in [-0.25, -0.2) is 4.98 Å². The summed E-state index contributed by atoms with van der Waals surface area (Å²) in [6.07, 6.45) is 2.11. The number of hydrogen-bond acceptors (Lipinski definition) is 6. The van der Waals surface area contributed by atoms with E-state index < -0.39 is 0 Å². The van der Waals surface area contributed by atoms with Crippen LogP contribution in [0.2, 0.25) is 0 Å². The Balaban J connectivity index is 2.55. The molecule has 0 bridgehead atoms. The monoisotopic (exact) mass is 300 g/mol. The van der Waals surface area contributed by atoms with Gasteiger partial charge in [0.2, 0.25) is 0 Å². The number of nitrogen functional groups attached to an aromatic ring is 1. The number of methoxy groups -OCH3 is 1. The molecule has 1 amide bonds. The van der Waals surface area contributed by atoms with Crippen LogP contribution in [0.25, 0.3) is 0 Å². The maximum absolute atomic E-state index is 12.1. The van der Waals surface area contributed by atoms with Crippen molar-refractivity contribution in [3.63, 3.8) is 0 Å². The van der Waals surface area contributed by atoms with Crippen LogP contribution in [0.3, 0.4) is 0 Å². The maximum atomic E-state index is 12.1. The van der Waals surface area contributed by atoms with Gasteiger partial charge in [-0.2, -0.15) is 0 Å². The van der Waals surface area contributed by atoms with Crippen molar-refractivity contribution in [2.45, 2.75) is 26.7 Å². The fraction of sp³-hybridized carbons (Fsp3) is 0.692. The predicted octanol–water partition coefficient (Wildman–Crippen LogP) is 1.95. The minimum absolute atomic E-state index is 0.147. The lowest BCUT2D eigenvalue weighted by Crippen LogP contribution is -2.28. The van der Waals surface area contributed by atoms with E-state index in [1.165, 1.54) is 11.3 Å². The zero-order valence-corrected chi connectivity index (χ0v) is 13.2. The SMILES string of the molecule is CCC(CC)CNC(=O)c1sc(NCCOC)nc1N. The molecule has 6 nitrogen and oxygen atoms in total. The average Bonchev–Trinajstić information content (AvgIpc) is 2.81. The molecule has 0 atom stereocenters. The highest BCUT2D eigenvalue weighted by atomic mass is 32.1. The molecule has 1 heterocycles. The second kappa shape index (κ2) is 8.76. The van der Waals surface area contributed by atoms with Crippen LogP contribution >= 0.6 is 11.3 Å². The van der Waals surface area contributed by atoms with Crippen LogP contribution in [-0.4, -0.2) is 37.7 Å². The molecule has 0 saturated carbocycles. The number of nitrogens with two attached hydrogens (primary N) is 1. The topological polar surface area (TPSA) is 89.3 Å². The van der Waals surface area contributed by atoms with Crippen molar-refractivity contribution in [2.24, 2.45) is 5.92 Å². The first-order valence-corrected chi connectivity index (χ1v) is 7.71. The number of aromatic nitrogens is 1. The largest absolute Gasteiger partial charge is 0.383 e. The molecule has 0 aromatic carbocycles. The molecule has 0 aliphatic carbocycles. The average molecular weight is 300 g/mol. The van der Waals surface area contributed by atoms with Gasteiger partial charge >= 0.3 is 0 Å². The van der Waals surface area contributed by atoms with Gasteiger partial charge in [0.15, 0.2) is 5.13 Å². The maximum Gasteiger partial charge on any atom is 0.265 e. The number of ether oxygens (including phenoxy) is 1. The van der Waals surface area contributed by atoms with Crippen LogP contribution in [0.1, 0.15) is 36.4 Å².